The van der Waals surface area contributed by atoms with Crippen LogP contribution in [-0.4, -0.2) is 68.1 Å². The lowest BCUT2D eigenvalue weighted by Crippen LogP contribution is -2.49. The number of carbonyl (C=O) groups is 2. The van der Waals surface area contributed by atoms with Crippen LogP contribution in [-0.2, 0) is 5.41 Å². The summed E-state index contributed by atoms with van der Waals surface area (Å²) in [5.41, 5.74) is 5.71. The van der Waals surface area contributed by atoms with Crippen molar-refractivity contribution in [3.05, 3.63) is 101 Å². The number of imidazole rings is 1. The lowest BCUT2D eigenvalue weighted by molar-refractivity contribution is 0.0607. The molecule has 3 aliphatic heterocycles. The first-order valence-electron chi connectivity index (χ1n) is 17.1. The standard InChI is InChI=1S/C39H46N4O3/c1-26(2)28-11-13-31(14-12-28)39(17-20-41(21-18-39)37(44)29-7-6-8-30(23-29)38(45)46)19-22-42-32-15-16-33(42)25-34(24-32)43-27(3)40-35-9-4-5-10-36(35)43/h4-14,23,26,32-34H,15-22,24-25H2,1-3H3,(H,45,46)/t32-,33+,34?. The Kier molecular flexibility index (Phi) is 8.22. The monoisotopic (exact) mass is 618 g/mol. The molecule has 4 aromatic rings. The average Bonchev–Trinajstić information content (AvgIpc) is 3.53. The van der Waals surface area contributed by atoms with Gasteiger partial charge >= 0.3 is 5.97 Å². The topological polar surface area (TPSA) is 78.7 Å². The molecule has 46 heavy (non-hydrogen) atoms. The number of piperidine rings is 2. The Balaban J connectivity index is 1.08. The summed E-state index contributed by atoms with van der Waals surface area (Å²) in [6.45, 7) is 9.05. The molecule has 1 amide bonds. The molecule has 0 spiro atoms. The van der Waals surface area contributed by atoms with Gasteiger partial charge in [-0.05, 0) is 111 Å². The van der Waals surface area contributed by atoms with Gasteiger partial charge in [0.15, 0.2) is 0 Å². The largest absolute Gasteiger partial charge is 0.478 e. The number of hydrogen-bond acceptors (Lipinski definition) is 4. The Morgan fingerprint density at radius 1 is 0.891 bits per heavy atom. The summed E-state index contributed by atoms with van der Waals surface area (Å²) in [7, 11) is 0. The molecule has 3 atom stereocenters. The number of amides is 1. The van der Waals surface area contributed by atoms with E-state index in [2.05, 4.69) is 78.8 Å². The van der Waals surface area contributed by atoms with Gasteiger partial charge in [0.1, 0.15) is 5.82 Å². The number of para-hydroxylation sites is 2. The van der Waals surface area contributed by atoms with Crippen molar-refractivity contribution in [2.45, 2.75) is 95.2 Å². The third-order valence-electron chi connectivity index (χ3n) is 11.4. The van der Waals surface area contributed by atoms with Gasteiger partial charge in [0.05, 0.1) is 16.6 Å². The van der Waals surface area contributed by atoms with Crippen molar-refractivity contribution >= 4 is 22.9 Å². The lowest BCUT2D eigenvalue weighted by Gasteiger charge is -2.46. The first-order valence-corrected chi connectivity index (χ1v) is 17.1. The Morgan fingerprint density at radius 3 is 2.24 bits per heavy atom. The summed E-state index contributed by atoms with van der Waals surface area (Å²) in [5.74, 6) is 0.524. The van der Waals surface area contributed by atoms with Crippen LogP contribution < -0.4 is 0 Å². The van der Waals surface area contributed by atoms with Gasteiger partial charge in [0, 0.05) is 36.8 Å². The number of carbonyl (C=O) groups excluding carboxylic acids is 1. The number of aromatic carboxylic acids is 1. The minimum Gasteiger partial charge on any atom is -0.478 e. The zero-order chi connectivity index (χ0) is 32.0. The fraction of sp³-hybridized carbons (Fsp3) is 0.462. The lowest BCUT2D eigenvalue weighted by atomic mass is 9.70. The third kappa shape index (κ3) is 5.63. The van der Waals surface area contributed by atoms with Gasteiger partial charge in [-0.2, -0.15) is 0 Å². The molecule has 3 saturated heterocycles. The van der Waals surface area contributed by atoms with Crippen LogP contribution in [0.5, 0.6) is 0 Å². The summed E-state index contributed by atoms with van der Waals surface area (Å²) in [5, 5.41) is 9.44. The Hall–Kier alpha value is -3.97. The van der Waals surface area contributed by atoms with Gasteiger partial charge in [-0.1, -0.05) is 56.3 Å². The number of nitrogens with zero attached hydrogens (tertiary/aromatic N) is 4. The minimum atomic E-state index is -1.01. The molecule has 7 heteroatoms. The van der Waals surface area contributed by atoms with Gasteiger partial charge < -0.3 is 14.6 Å². The Labute approximate surface area is 272 Å². The molecule has 0 radical (unpaired) electrons. The molecule has 3 fully saturated rings. The number of fused-ring (bicyclic) bond motifs is 3. The molecular formula is C39H46N4O3. The van der Waals surface area contributed by atoms with Crippen molar-refractivity contribution < 1.29 is 14.7 Å². The fourth-order valence-corrected chi connectivity index (χ4v) is 8.80. The average molecular weight is 619 g/mol. The quantitative estimate of drug-likeness (QED) is 0.220. The highest BCUT2D eigenvalue weighted by atomic mass is 16.4. The minimum absolute atomic E-state index is 0.00261. The van der Waals surface area contributed by atoms with Crippen LogP contribution >= 0.6 is 0 Å². The SMILES string of the molecule is Cc1nc2ccccc2n1C1C[C@H]2CC[C@@H](C1)N2CCC1(c2ccc(C(C)C)cc2)CCN(C(=O)c2cccc(C(=O)O)c2)CC1. The number of hydrogen-bond donors (Lipinski definition) is 1. The van der Waals surface area contributed by atoms with Crippen LogP contribution in [0.15, 0.2) is 72.8 Å². The van der Waals surface area contributed by atoms with Gasteiger partial charge in [-0.25, -0.2) is 9.78 Å². The van der Waals surface area contributed by atoms with Gasteiger partial charge in [0.2, 0.25) is 0 Å². The zero-order valence-electron chi connectivity index (χ0n) is 27.4. The van der Waals surface area contributed by atoms with Crippen molar-refractivity contribution in [3.63, 3.8) is 0 Å². The van der Waals surface area contributed by atoms with E-state index in [1.807, 2.05) is 4.90 Å². The van der Waals surface area contributed by atoms with E-state index in [-0.39, 0.29) is 16.9 Å². The number of likely N-dealkylation sites (tertiary alicyclic amines) is 1. The molecule has 7 rings (SSSR count). The normalized spacial score (nSPS) is 22.9. The number of carboxylic acids is 1. The number of benzene rings is 3. The Morgan fingerprint density at radius 2 is 1.57 bits per heavy atom. The van der Waals surface area contributed by atoms with Crippen molar-refractivity contribution in [2.24, 2.45) is 0 Å². The second-order valence-corrected chi connectivity index (χ2v) is 14.3. The summed E-state index contributed by atoms with van der Waals surface area (Å²) < 4.78 is 2.51. The van der Waals surface area contributed by atoms with Crippen LogP contribution in [0.1, 0.15) is 108 Å². The summed E-state index contributed by atoms with van der Waals surface area (Å²) in [6, 6.07) is 25.9. The molecule has 7 nitrogen and oxygen atoms in total. The molecular weight excluding hydrogens is 572 g/mol. The molecule has 3 aromatic carbocycles. The first kappa shape index (κ1) is 30.7. The van der Waals surface area contributed by atoms with Gasteiger partial charge in [-0.15, -0.1) is 0 Å². The van der Waals surface area contributed by atoms with Crippen LogP contribution in [0.4, 0.5) is 0 Å². The predicted octanol–water partition coefficient (Wildman–Crippen LogP) is 7.60. The second-order valence-electron chi connectivity index (χ2n) is 14.3. The molecule has 2 bridgehead atoms. The third-order valence-corrected chi connectivity index (χ3v) is 11.4. The second kappa shape index (κ2) is 12.3. The number of rotatable bonds is 8. The molecule has 1 aromatic heterocycles. The zero-order valence-corrected chi connectivity index (χ0v) is 27.4. The Bertz CT molecular complexity index is 1720. The predicted molar refractivity (Wildman–Crippen MR) is 182 cm³/mol. The number of aromatic nitrogens is 2. The highest BCUT2D eigenvalue weighted by Gasteiger charge is 2.44. The van der Waals surface area contributed by atoms with Crippen molar-refractivity contribution in [1.82, 2.24) is 19.4 Å². The van der Waals surface area contributed by atoms with Crippen LogP contribution in [0.25, 0.3) is 11.0 Å². The molecule has 0 aliphatic carbocycles. The maximum absolute atomic E-state index is 13.5. The fourth-order valence-electron chi connectivity index (χ4n) is 8.80. The van der Waals surface area contributed by atoms with E-state index in [1.54, 1.807) is 12.1 Å². The summed E-state index contributed by atoms with van der Waals surface area (Å²) >= 11 is 0. The van der Waals surface area contributed by atoms with E-state index >= 15 is 0 Å². The van der Waals surface area contributed by atoms with Crippen LogP contribution in [0, 0.1) is 6.92 Å². The first-order chi connectivity index (χ1) is 22.2. The highest BCUT2D eigenvalue weighted by Crippen LogP contribution is 2.45. The molecule has 1 N–H and O–H groups in total. The van der Waals surface area contributed by atoms with Crippen molar-refractivity contribution in [3.8, 4) is 0 Å². The van der Waals surface area contributed by atoms with Gasteiger partial charge in [0.25, 0.3) is 5.91 Å². The van der Waals surface area contributed by atoms with E-state index in [0.29, 0.717) is 42.7 Å². The van der Waals surface area contributed by atoms with E-state index in [1.165, 1.54) is 54.5 Å². The van der Waals surface area contributed by atoms with E-state index in [9.17, 15) is 14.7 Å². The molecule has 0 saturated carbocycles. The number of aryl methyl sites for hydroxylation is 1. The molecule has 4 heterocycles. The van der Waals surface area contributed by atoms with Gasteiger partial charge in [-0.3, -0.25) is 9.69 Å². The van der Waals surface area contributed by atoms with E-state index in [0.717, 1.165) is 37.1 Å². The number of carboxylic acid groups (broad SMARTS) is 1. The van der Waals surface area contributed by atoms with E-state index < -0.39 is 5.97 Å². The molecule has 1 unspecified atom stereocenters. The van der Waals surface area contributed by atoms with Crippen LogP contribution in [0.3, 0.4) is 0 Å². The summed E-state index contributed by atoms with van der Waals surface area (Å²) in [6.07, 6.45) is 7.77. The maximum atomic E-state index is 13.5. The van der Waals surface area contributed by atoms with Crippen molar-refractivity contribution in [1.29, 1.82) is 0 Å². The summed E-state index contributed by atoms with van der Waals surface area (Å²) in [4.78, 5) is 34.6. The molecule has 3 aliphatic rings. The molecule has 240 valence electrons. The van der Waals surface area contributed by atoms with E-state index in [4.69, 9.17) is 4.98 Å². The highest BCUT2D eigenvalue weighted by molar-refractivity contribution is 5.97. The van der Waals surface area contributed by atoms with Crippen LogP contribution in [0.2, 0.25) is 0 Å². The smallest absolute Gasteiger partial charge is 0.335 e. The maximum Gasteiger partial charge on any atom is 0.335 e. The van der Waals surface area contributed by atoms with Crippen molar-refractivity contribution in [2.75, 3.05) is 19.6 Å².